The summed E-state index contributed by atoms with van der Waals surface area (Å²) in [5.41, 5.74) is -0.0386. The average Bonchev–Trinajstić information content (AvgIpc) is 1.99. The lowest BCUT2D eigenvalue weighted by molar-refractivity contribution is -0.136. The number of hydrogen-bond donors (Lipinski definition) is 0. The molecule has 0 N–H and O–H groups in total. The Morgan fingerprint density at radius 3 is 2.60 bits per heavy atom. The van der Waals surface area contributed by atoms with Crippen LogP contribution in [0.15, 0.2) is 28.7 Å². The monoisotopic (exact) mass is 270 g/mol. The molecule has 1 aromatic rings. The van der Waals surface area contributed by atoms with Gasteiger partial charge in [-0.2, -0.15) is 0 Å². The number of halogens is 1. The Bertz CT molecular complexity index is 353. The molecule has 0 aliphatic rings. The van der Waals surface area contributed by atoms with Gasteiger partial charge in [0.05, 0.1) is 6.42 Å². The van der Waals surface area contributed by atoms with Crippen LogP contribution in [-0.4, -0.2) is 5.97 Å². The summed E-state index contributed by atoms with van der Waals surface area (Å²) in [7, 11) is 0. The number of rotatable bonds is 2. The Labute approximate surface area is 98.8 Å². The smallest absolute Gasteiger partial charge is 0.311 e. The van der Waals surface area contributed by atoms with Gasteiger partial charge in [0, 0.05) is 4.47 Å². The molecule has 0 saturated carbocycles. The molecule has 1 rings (SSSR count). The Hall–Kier alpha value is -0.830. The fraction of sp³-hybridized carbons (Fsp3) is 0.417. The van der Waals surface area contributed by atoms with E-state index in [1.807, 2.05) is 32.9 Å². The van der Waals surface area contributed by atoms with Crippen molar-refractivity contribution < 1.29 is 9.53 Å². The number of ether oxygens (including phenoxy) is 1. The van der Waals surface area contributed by atoms with Crippen molar-refractivity contribution in [2.45, 2.75) is 27.2 Å². The van der Waals surface area contributed by atoms with Crippen LogP contribution in [0.4, 0.5) is 0 Å². The topological polar surface area (TPSA) is 26.3 Å². The molecule has 0 amide bonds. The molecule has 0 spiro atoms. The molecule has 0 aliphatic carbocycles. The van der Waals surface area contributed by atoms with Gasteiger partial charge < -0.3 is 4.74 Å². The first kappa shape index (κ1) is 12.2. The zero-order valence-corrected chi connectivity index (χ0v) is 10.8. The average molecular weight is 271 g/mol. The van der Waals surface area contributed by atoms with Gasteiger partial charge in [-0.25, -0.2) is 0 Å². The van der Waals surface area contributed by atoms with Crippen LogP contribution >= 0.6 is 15.9 Å². The predicted molar refractivity (Wildman–Crippen MR) is 63.8 cm³/mol. The minimum atomic E-state index is -0.194. The van der Waals surface area contributed by atoms with Crippen LogP contribution in [0, 0.1) is 5.41 Å². The van der Waals surface area contributed by atoms with Crippen LogP contribution in [-0.2, 0) is 4.79 Å². The Balaban J connectivity index is 2.59. The van der Waals surface area contributed by atoms with E-state index in [0.29, 0.717) is 12.2 Å². The minimum Gasteiger partial charge on any atom is -0.426 e. The molecule has 0 aliphatic heterocycles. The molecule has 2 nitrogen and oxygen atoms in total. The molecule has 0 saturated heterocycles. The van der Waals surface area contributed by atoms with E-state index < -0.39 is 0 Å². The normalized spacial score (nSPS) is 11.2. The summed E-state index contributed by atoms with van der Waals surface area (Å²) in [4.78, 5) is 11.5. The second kappa shape index (κ2) is 4.79. The Morgan fingerprint density at radius 2 is 2.07 bits per heavy atom. The maximum atomic E-state index is 11.5. The van der Waals surface area contributed by atoms with E-state index in [1.165, 1.54) is 0 Å². The van der Waals surface area contributed by atoms with Crippen molar-refractivity contribution in [1.82, 2.24) is 0 Å². The van der Waals surface area contributed by atoms with Gasteiger partial charge >= 0.3 is 5.97 Å². The highest BCUT2D eigenvalue weighted by atomic mass is 79.9. The van der Waals surface area contributed by atoms with Gasteiger partial charge in [0.2, 0.25) is 0 Å². The zero-order valence-electron chi connectivity index (χ0n) is 9.21. The fourth-order valence-corrected chi connectivity index (χ4v) is 1.51. The van der Waals surface area contributed by atoms with Crippen molar-refractivity contribution in [3.8, 4) is 5.75 Å². The van der Waals surface area contributed by atoms with E-state index in [1.54, 1.807) is 12.1 Å². The molecule has 0 bridgehead atoms. The van der Waals surface area contributed by atoms with E-state index in [9.17, 15) is 4.79 Å². The third-order valence-electron chi connectivity index (χ3n) is 1.70. The standard InChI is InChI=1S/C12H15BrO2/c1-12(2,3)8-11(14)15-10-6-4-5-9(13)7-10/h4-7H,8H2,1-3H3. The number of benzene rings is 1. The molecular weight excluding hydrogens is 256 g/mol. The summed E-state index contributed by atoms with van der Waals surface area (Å²) in [6.45, 7) is 6.03. The number of carbonyl (C=O) groups is 1. The quantitative estimate of drug-likeness (QED) is 0.604. The maximum Gasteiger partial charge on any atom is 0.311 e. The third-order valence-corrected chi connectivity index (χ3v) is 2.20. The van der Waals surface area contributed by atoms with E-state index in [4.69, 9.17) is 4.74 Å². The lowest BCUT2D eigenvalue weighted by Crippen LogP contribution is -2.17. The number of carbonyl (C=O) groups excluding carboxylic acids is 1. The van der Waals surface area contributed by atoms with Crippen molar-refractivity contribution in [2.24, 2.45) is 5.41 Å². The van der Waals surface area contributed by atoms with Gasteiger partial charge in [-0.15, -0.1) is 0 Å². The largest absolute Gasteiger partial charge is 0.426 e. The summed E-state index contributed by atoms with van der Waals surface area (Å²) < 4.78 is 6.11. The molecule has 0 atom stereocenters. The molecule has 82 valence electrons. The first-order valence-corrected chi connectivity index (χ1v) is 5.62. The lowest BCUT2D eigenvalue weighted by Gasteiger charge is -2.16. The maximum absolute atomic E-state index is 11.5. The van der Waals surface area contributed by atoms with E-state index >= 15 is 0 Å². The van der Waals surface area contributed by atoms with Gasteiger partial charge in [0.15, 0.2) is 0 Å². The molecule has 0 unspecified atom stereocenters. The van der Waals surface area contributed by atoms with Crippen LogP contribution < -0.4 is 4.74 Å². The first-order chi connectivity index (χ1) is 6.87. The molecule has 1 aromatic carbocycles. The fourth-order valence-electron chi connectivity index (χ4n) is 1.13. The lowest BCUT2D eigenvalue weighted by atomic mass is 9.92. The van der Waals surface area contributed by atoms with Gasteiger partial charge in [0.1, 0.15) is 5.75 Å². The summed E-state index contributed by atoms with van der Waals surface area (Å²) in [6, 6.07) is 7.27. The Kier molecular flexibility index (Phi) is 3.91. The van der Waals surface area contributed by atoms with Crippen LogP contribution in [0.2, 0.25) is 0 Å². The van der Waals surface area contributed by atoms with Crippen molar-refractivity contribution in [3.05, 3.63) is 28.7 Å². The number of hydrogen-bond acceptors (Lipinski definition) is 2. The van der Waals surface area contributed by atoms with Crippen LogP contribution in [0.3, 0.4) is 0 Å². The summed E-state index contributed by atoms with van der Waals surface area (Å²) >= 11 is 3.32. The highest BCUT2D eigenvalue weighted by Gasteiger charge is 2.17. The molecule has 0 fully saturated rings. The number of esters is 1. The highest BCUT2D eigenvalue weighted by molar-refractivity contribution is 9.10. The van der Waals surface area contributed by atoms with E-state index in [2.05, 4.69) is 15.9 Å². The molecule has 0 radical (unpaired) electrons. The van der Waals surface area contributed by atoms with E-state index in [-0.39, 0.29) is 11.4 Å². The predicted octanol–water partition coefficient (Wildman–Crippen LogP) is 3.79. The Morgan fingerprint density at radius 1 is 1.40 bits per heavy atom. The van der Waals surface area contributed by atoms with Gasteiger partial charge in [-0.05, 0) is 23.6 Å². The van der Waals surface area contributed by atoms with Crippen LogP contribution in [0.25, 0.3) is 0 Å². The second-order valence-corrected chi connectivity index (χ2v) is 5.58. The van der Waals surface area contributed by atoms with Crippen LogP contribution in [0.1, 0.15) is 27.2 Å². The molecular formula is C12H15BrO2. The van der Waals surface area contributed by atoms with Crippen molar-refractivity contribution in [2.75, 3.05) is 0 Å². The molecule has 0 aromatic heterocycles. The van der Waals surface area contributed by atoms with Crippen molar-refractivity contribution >= 4 is 21.9 Å². The summed E-state index contributed by atoms with van der Waals surface area (Å²) in [5.74, 6) is 0.388. The van der Waals surface area contributed by atoms with Crippen molar-refractivity contribution in [1.29, 1.82) is 0 Å². The highest BCUT2D eigenvalue weighted by Crippen LogP contribution is 2.22. The van der Waals surface area contributed by atoms with E-state index in [0.717, 1.165) is 4.47 Å². The minimum absolute atomic E-state index is 0.0386. The summed E-state index contributed by atoms with van der Waals surface area (Å²) in [5, 5.41) is 0. The first-order valence-electron chi connectivity index (χ1n) is 4.83. The van der Waals surface area contributed by atoms with Gasteiger partial charge in [0.25, 0.3) is 0 Å². The van der Waals surface area contributed by atoms with Crippen molar-refractivity contribution in [3.63, 3.8) is 0 Å². The van der Waals surface area contributed by atoms with Crippen LogP contribution in [0.5, 0.6) is 5.75 Å². The SMILES string of the molecule is CC(C)(C)CC(=O)Oc1cccc(Br)c1. The molecule has 15 heavy (non-hydrogen) atoms. The summed E-state index contributed by atoms with van der Waals surface area (Å²) in [6.07, 6.45) is 0.416. The molecule has 3 heteroatoms. The second-order valence-electron chi connectivity index (χ2n) is 4.67. The zero-order chi connectivity index (χ0) is 11.5. The van der Waals surface area contributed by atoms with Gasteiger partial charge in [-0.1, -0.05) is 42.8 Å². The molecule has 0 heterocycles. The third kappa shape index (κ3) is 4.98. The van der Waals surface area contributed by atoms with Gasteiger partial charge in [-0.3, -0.25) is 4.79 Å².